The van der Waals surface area contributed by atoms with Gasteiger partial charge < -0.3 is 10.6 Å². The predicted octanol–water partition coefficient (Wildman–Crippen LogP) is 1.38. The fraction of sp³-hybridized carbons (Fsp3) is 0.875. The molecule has 0 atom stereocenters. The molecule has 0 saturated carbocycles. The van der Waals surface area contributed by atoms with E-state index in [4.69, 9.17) is 5.73 Å². The Labute approximate surface area is 89.4 Å². The first-order valence-electron chi connectivity index (χ1n) is 4.59. The zero-order chi connectivity index (χ0) is 12.8. The molecule has 0 aromatic heterocycles. The van der Waals surface area contributed by atoms with Crippen LogP contribution in [0.1, 0.15) is 12.8 Å². The minimum absolute atomic E-state index is 0.0650. The van der Waals surface area contributed by atoms with Gasteiger partial charge in [0.05, 0.1) is 13.0 Å². The molecule has 96 valence electrons. The number of nitrogens with zero attached hydrogens (tertiary/aromatic N) is 1. The molecule has 1 amide bonds. The molecule has 0 saturated heterocycles. The van der Waals surface area contributed by atoms with E-state index in [9.17, 15) is 26.7 Å². The first-order chi connectivity index (χ1) is 7.26. The Morgan fingerprint density at radius 1 is 1.31 bits per heavy atom. The molecule has 0 spiro atoms. The molecule has 8 heteroatoms. The van der Waals surface area contributed by atoms with Gasteiger partial charge in [0.2, 0.25) is 5.91 Å². The Balaban J connectivity index is 4.16. The maximum atomic E-state index is 12.0. The maximum Gasteiger partial charge on any atom is 0.389 e. The van der Waals surface area contributed by atoms with Crippen molar-refractivity contribution in [3.8, 4) is 0 Å². The molecule has 16 heavy (non-hydrogen) atoms. The van der Waals surface area contributed by atoms with Gasteiger partial charge in [0.25, 0.3) is 6.43 Å². The van der Waals surface area contributed by atoms with Crippen LogP contribution >= 0.6 is 0 Å². The quantitative estimate of drug-likeness (QED) is 0.722. The molecule has 0 aliphatic heterocycles. The fourth-order valence-corrected chi connectivity index (χ4v) is 1.05. The Bertz CT molecular complexity index is 219. The second-order valence-electron chi connectivity index (χ2n) is 3.13. The van der Waals surface area contributed by atoms with Crippen molar-refractivity contribution in [3.63, 3.8) is 0 Å². The van der Waals surface area contributed by atoms with E-state index < -0.39 is 37.9 Å². The third-order valence-corrected chi connectivity index (χ3v) is 1.73. The Morgan fingerprint density at radius 3 is 2.25 bits per heavy atom. The van der Waals surface area contributed by atoms with Crippen LogP contribution in [0.2, 0.25) is 0 Å². The number of rotatable bonds is 6. The van der Waals surface area contributed by atoms with Crippen LogP contribution in [0.3, 0.4) is 0 Å². The fourth-order valence-electron chi connectivity index (χ4n) is 1.05. The van der Waals surface area contributed by atoms with Crippen molar-refractivity contribution >= 4 is 5.91 Å². The van der Waals surface area contributed by atoms with E-state index in [1.807, 2.05) is 0 Å². The van der Waals surface area contributed by atoms with Crippen LogP contribution in [-0.2, 0) is 4.79 Å². The van der Waals surface area contributed by atoms with Gasteiger partial charge in [-0.1, -0.05) is 0 Å². The van der Waals surface area contributed by atoms with Gasteiger partial charge in [-0.15, -0.1) is 0 Å². The van der Waals surface area contributed by atoms with E-state index in [0.717, 1.165) is 0 Å². The molecule has 0 aromatic rings. The monoisotopic (exact) mass is 248 g/mol. The average Bonchev–Trinajstić information content (AvgIpc) is 2.11. The zero-order valence-electron chi connectivity index (χ0n) is 8.44. The first-order valence-corrected chi connectivity index (χ1v) is 4.59. The van der Waals surface area contributed by atoms with E-state index in [1.54, 1.807) is 0 Å². The minimum Gasteiger partial charge on any atom is -0.336 e. The van der Waals surface area contributed by atoms with Crippen molar-refractivity contribution in [2.45, 2.75) is 25.4 Å². The number of carbonyl (C=O) groups excluding carboxylic acids is 1. The molecule has 0 aliphatic rings. The molecule has 0 unspecified atom stereocenters. The molecule has 0 rings (SSSR count). The number of carbonyl (C=O) groups is 1. The van der Waals surface area contributed by atoms with Gasteiger partial charge in [-0.2, -0.15) is 13.2 Å². The molecule has 3 nitrogen and oxygen atoms in total. The normalized spacial score (nSPS) is 11.9. The summed E-state index contributed by atoms with van der Waals surface area (Å²) < 4.78 is 59.3. The minimum atomic E-state index is -4.46. The summed E-state index contributed by atoms with van der Waals surface area (Å²) in [5.41, 5.74) is 5.06. The van der Waals surface area contributed by atoms with Crippen molar-refractivity contribution in [1.82, 2.24) is 4.90 Å². The van der Waals surface area contributed by atoms with E-state index in [-0.39, 0.29) is 13.1 Å². The van der Waals surface area contributed by atoms with Crippen molar-refractivity contribution < 1.29 is 26.7 Å². The predicted molar refractivity (Wildman–Crippen MR) is 46.9 cm³/mol. The summed E-state index contributed by atoms with van der Waals surface area (Å²) in [7, 11) is 0. The molecule has 0 fully saturated rings. The first kappa shape index (κ1) is 15.1. The molecular formula is C8H13F5N2O. The molecular weight excluding hydrogens is 235 g/mol. The third kappa shape index (κ3) is 7.38. The van der Waals surface area contributed by atoms with Crippen molar-refractivity contribution in [3.05, 3.63) is 0 Å². The Morgan fingerprint density at radius 2 is 1.88 bits per heavy atom. The van der Waals surface area contributed by atoms with Crippen LogP contribution in [0, 0.1) is 0 Å². The van der Waals surface area contributed by atoms with Crippen LogP contribution < -0.4 is 5.73 Å². The molecule has 2 N–H and O–H groups in total. The van der Waals surface area contributed by atoms with Crippen molar-refractivity contribution in [1.29, 1.82) is 0 Å². The SMILES string of the molecule is NCCN(CC(F)F)C(=O)CCC(F)(F)F. The van der Waals surface area contributed by atoms with Crippen molar-refractivity contribution in [2.24, 2.45) is 5.73 Å². The molecule has 0 bridgehead atoms. The van der Waals surface area contributed by atoms with Crippen LogP contribution in [-0.4, -0.2) is 43.0 Å². The number of halogens is 5. The van der Waals surface area contributed by atoms with Crippen LogP contribution in [0.25, 0.3) is 0 Å². The van der Waals surface area contributed by atoms with Gasteiger partial charge in [-0.3, -0.25) is 4.79 Å². The van der Waals surface area contributed by atoms with Crippen LogP contribution in [0.5, 0.6) is 0 Å². The highest BCUT2D eigenvalue weighted by atomic mass is 19.4. The smallest absolute Gasteiger partial charge is 0.336 e. The standard InChI is InChI=1S/C8H13F5N2O/c9-6(10)5-15(4-3-14)7(16)1-2-8(11,12)13/h6H,1-5,14H2. The second-order valence-corrected chi connectivity index (χ2v) is 3.13. The van der Waals surface area contributed by atoms with Crippen molar-refractivity contribution in [2.75, 3.05) is 19.6 Å². The number of hydrogen-bond acceptors (Lipinski definition) is 2. The maximum absolute atomic E-state index is 12.0. The third-order valence-electron chi connectivity index (χ3n) is 1.73. The summed E-state index contributed by atoms with van der Waals surface area (Å²) in [5, 5.41) is 0. The van der Waals surface area contributed by atoms with Gasteiger partial charge in [-0.05, 0) is 0 Å². The lowest BCUT2D eigenvalue weighted by molar-refractivity contribution is -0.150. The second kappa shape index (κ2) is 6.62. The highest BCUT2D eigenvalue weighted by molar-refractivity contribution is 5.76. The summed E-state index contributed by atoms with van der Waals surface area (Å²) in [6.07, 6.45) is -9.37. The van der Waals surface area contributed by atoms with Gasteiger partial charge in [0.15, 0.2) is 0 Å². The topological polar surface area (TPSA) is 46.3 Å². The largest absolute Gasteiger partial charge is 0.389 e. The molecule has 0 radical (unpaired) electrons. The van der Waals surface area contributed by atoms with E-state index in [0.29, 0.717) is 4.90 Å². The van der Waals surface area contributed by atoms with E-state index >= 15 is 0 Å². The Kier molecular flexibility index (Phi) is 6.24. The summed E-state index contributed by atoms with van der Waals surface area (Å²) in [5.74, 6) is -0.955. The summed E-state index contributed by atoms with van der Waals surface area (Å²) in [6.45, 7) is -1.11. The van der Waals surface area contributed by atoms with Gasteiger partial charge >= 0.3 is 6.18 Å². The zero-order valence-corrected chi connectivity index (χ0v) is 8.44. The van der Waals surface area contributed by atoms with Crippen LogP contribution in [0.15, 0.2) is 0 Å². The van der Waals surface area contributed by atoms with Gasteiger partial charge in [-0.25, -0.2) is 8.78 Å². The number of amides is 1. The lowest BCUT2D eigenvalue weighted by atomic mass is 10.2. The van der Waals surface area contributed by atoms with E-state index in [1.165, 1.54) is 0 Å². The lowest BCUT2D eigenvalue weighted by Gasteiger charge is -2.21. The molecule has 0 aliphatic carbocycles. The summed E-state index contributed by atoms with van der Waals surface area (Å²) >= 11 is 0. The Hall–Kier alpha value is -0.920. The number of alkyl halides is 5. The lowest BCUT2D eigenvalue weighted by Crippen LogP contribution is -2.39. The average molecular weight is 248 g/mol. The molecule has 0 heterocycles. The highest BCUT2D eigenvalue weighted by Gasteiger charge is 2.29. The number of hydrogen-bond donors (Lipinski definition) is 1. The highest BCUT2D eigenvalue weighted by Crippen LogP contribution is 2.21. The number of nitrogens with two attached hydrogens (primary N) is 1. The van der Waals surface area contributed by atoms with E-state index in [2.05, 4.69) is 0 Å². The summed E-state index contributed by atoms with van der Waals surface area (Å²) in [6, 6.07) is 0. The van der Waals surface area contributed by atoms with Crippen LogP contribution in [0.4, 0.5) is 22.0 Å². The van der Waals surface area contributed by atoms with Gasteiger partial charge in [0.1, 0.15) is 0 Å². The molecule has 0 aromatic carbocycles. The van der Waals surface area contributed by atoms with Gasteiger partial charge in [0, 0.05) is 19.5 Å². The summed E-state index contributed by atoms with van der Waals surface area (Å²) in [4.78, 5) is 11.8.